The Bertz CT molecular complexity index is 659. The van der Waals surface area contributed by atoms with Gasteiger partial charge in [0.2, 0.25) is 0 Å². The second-order valence-electron chi connectivity index (χ2n) is 4.62. The van der Waals surface area contributed by atoms with Crippen molar-refractivity contribution < 1.29 is 14.3 Å². The molecule has 0 radical (unpaired) electrons. The van der Waals surface area contributed by atoms with E-state index in [2.05, 4.69) is 6.58 Å². The summed E-state index contributed by atoms with van der Waals surface area (Å²) in [5.74, 6) is -0.329. The van der Waals surface area contributed by atoms with E-state index >= 15 is 0 Å². The standard InChI is InChI=1S/C16H17NO3.C2H7N/c1-3-4-10-20-11-9-17-8-7-13-5-6-14(12-15(13)17)16(18)19-2;1-2-3/h3-8,10,12H,1,9,11H2,2H3;2-3H2,1H3/b10-4+;. The van der Waals surface area contributed by atoms with Crippen LogP contribution in [-0.2, 0) is 16.0 Å². The maximum absolute atomic E-state index is 11.5. The van der Waals surface area contributed by atoms with Gasteiger partial charge in [0.05, 0.1) is 25.5 Å². The van der Waals surface area contributed by atoms with Gasteiger partial charge < -0.3 is 19.8 Å². The molecule has 124 valence electrons. The number of methoxy groups -OCH3 is 1. The SMILES string of the molecule is C=C/C=C/OCCn1ccc2ccc(C(=O)OC)cc21.CCN. The summed E-state index contributed by atoms with van der Waals surface area (Å²) in [4.78, 5) is 11.5. The van der Waals surface area contributed by atoms with Crippen LogP contribution in [0.4, 0.5) is 0 Å². The molecule has 0 aliphatic heterocycles. The second kappa shape index (κ2) is 10.2. The molecule has 2 rings (SSSR count). The minimum atomic E-state index is -0.329. The third kappa shape index (κ3) is 5.64. The molecule has 1 aromatic heterocycles. The van der Waals surface area contributed by atoms with Gasteiger partial charge in [-0.05, 0) is 36.2 Å². The van der Waals surface area contributed by atoms with Crippen LogP contribution in [0.2, 0.25) is 0 Å². The molecule has 5 heteroatoms. The maximum atomic E-state index is 11.5. The topological polar surface area (TPSA) is 66.5 Å². The second-order valence-corrected chi connectivity index (χ2v) is 4.62. The van der Waals surface area contributed by atoms with Crippen LogP contribution < -0.4 is 5.73 Å². The van der Waals surface area contributed by atoms with Crippen LogP contribution in [0.1, 0.15) is 17.3 Å². The zero-order valence-corrected chi connectivity index (χ0v) is 13.7. The molecule has 0 bridgehead atoms. The first kappa shape index (κ1) is 18.5. The summed E-state index contributed by atoms with van der Waals surface area (Å²) in [6.07, 6.45) is 6.99. The number of hydrogen-bond donors (Lipinski definition) is 1. The van der Waals surface area contributed by atoms with Crippen LogP contribution in [0.25, 0.3) is 10.9 Å². The van der Waals surface area contributed by atoms with E-state index in [1.807, 2.05) is 35.9 Å². The normalized spacial score (nSPS) is 10.2. The van der Waals surface area contributed by atoms with Gasteiger partial charge in [-0.15, -0.1) is 0 Å². The number of hydrogen-bond acceptors (Lipinski definition) is 4. The minimum absolute atomic E-state index is 0.329. The molecule has 0 unspecified atom stereocenters. The fourth-order valence-corrected chi connectivity index (χ4v) is 1.95. The van der Waals surface area contributed by atoms with E-state index in [4.69, 9.17) is 15.2 Å². The molecule has 0 spiro atoms. The van der Waals surface area contributed by atoms with Gasteiger partial charge in [0.15, 0.2) is 0 Å². The average molecular weight is 316 g/mol. The first-order chi connectivity index (χ1) is 11.2. The van der Waals surface area contributed by atoms with Crippen molar-refractivity contribution in [1.29, 1.82) is 0 Å². The van der Waals surface area contributed by atoms with Crippen molar-refractivity contribution in [2.75, 3.05) is 20.3 Å². The van der Waals surface area contributed by atoms with Gasteiger partial charge >= 0.3 is 5.97 Å². The van der Waals surface area contributed by atoms with Gasteiger partial charge in [0.1, 0.15) is 6.61 Å². The Morgan fingerprint density at radius 1 is 1.39 bits per heavy atom. The van der Waals surface area contributed by atoms with Crippen molar-refractivity contribution in [2.24, 2.45) is 5.73 Å². The first-order valence-electron chi connectivity index (χ1n) is 7.44. The number of carbonyl (C=O) groups is 1. The molecule has 2 aromatic rings. The number of aromatic nitrogens is 1. The van der Waals surface area contributed by atoms with Gasteiger partial charge in [0, 0.05) is 11.7 Å². The Hall–Kier alpha value is -2.53. The number of rotatable bonds is 6. The van der Waals surface area contributed by atoms with Crippen molar-refractivity contribution in [3.05, 3.63) is 61.0 Å². The molecule has 0 fully saturated rings. The average Bonchev–Trinajstić information content (AvgIpc) is 2.97. The van der Waals surface area contributed by atoms with Crippen molar-refractivity contribution in [1.82, 2.24) is 4.57 Å². The van der Waals surface area contributed by atoms with Gasteiger partial charge in [-0.25, -0.2) is 4.79 Å². The van der Waals surface area contributed by atoms with E-state index in [0.29, 0.717) is 18.7 Å². The summed E-state index contributed by atoms with van der Waals surface area (Å²) in [5.41, 5.74) is 6.39. The molecular formula is C18H24N2O3. The van der Waals surface area contributed by atoms with E-state index < -0.39 is 0 Å². The van der Waals surface area contributed by atoms with Gasteiger partial charge in [-0.3, -0.25) is 0 Å². The van der Waals surface area contributed by atoms with Crippen LogP contribution in [-0.4, -0.2) is 30.8 Å². The number of nitrogens with two attached hydrogens (primary N) is 1. The highest BCUT2D eigenvalue weighted by Gasteiger charge is 2.08. The molecule has 2 N–H and O–H groups in total. The van der Waals surface area contributed by atoms with Gasteiger partial charge in [-0.2, -0.15) is 0 Å². The van der Waals surface area contributed by atoms with E-state index in [1.54, 1.807) is 24.5 Å². The summed E-state index contributed by atoms with van der Waals surface area (Å²) in [5, 5.41) is 1.08. The number of esters is 1. The number of ether oxygens (including phenoxy) is 2. The van der Waals surface area contributed by atoms with Gasteiger partial charge in [-0.1, -0.05) is 25.6 Å². The monoisotopic (exact) mass is 316 g/mol. The Labute approximate surface area is 137 Å². The fraction of sp³-hybridized carbons (Fsp3) is 0.278. The zero-order valence-electron chi connectivity index (χ0n) is 13.7. The quantitative estimate of drug-likeness (QED) is 0.385. The van der Waals surface area contributed by atoms with Crippen molar-refractivity contribution in [3.63, 3.8) is 0 Å². The molecule has 1 heterocycles. The van der Waals surface area contributed by atoms with Crippen LogP contribution in [0, 0.1) is 0 Å². The highest BCUT2D eigenvalue weighted by atomic mass is 16.5. The van der Waals surface area contributed by atoms with E-state index in [0.717, 1.165) is 17.4 Å². The predicted molar refractivity (Wildman–Crippen MR) is 93.3 cm³/mol. The largest absolute Gasteiger partial charge is 0.499 e. The molecule has 1 aromatic carbocycles. The number of fused-ring (bicyclic) bond motifs is 1. The third-order valence-corrected chi connectivity index (χ3v) is 2.96. The predicted octanol–water partition coefficient (Wildman–Crippen LogP) is 3.11. The molecule has 0 aliphatic carbocycles. The lowest BCUT2D eigenvalue weighted by molar-refractivity contribution is 0.0601. The van der Waals surface area contributed by atoms with Crippen LogP contribution in [0.3, 0.4) is 0 Å². The maximum Gasteiger partial charge on any atom is 0.337 e. The van der Waals surface area contributed by atoms with Crippen molar-refractivity contribution >= 4 is 16.9 Å². The smallest absolute Gasteiger partial charge is 0.337 e. The Morgan fingerprint density at radius 3 is 2.78 bits per heavy atom. The molecule has 5 nitrogen and oxygen atoms in total. The molecule has 0 saturated heterocycles. The lowest BCUT2D eigenvalue weighted by atomic mass is 10.1. The molecule has 0 aliphatic rings. The van der Waals surface area contributed by atoms with Crippen LogP contribution >= 0.6 is 0 Å². The number of benzene rings is 1. The highest BCUT2D eigenvalue weighted by molar-refractivity contribution is 5.94. The van der Waals surface area contributed by atoms with Crippen molar-refractivity contribution in [3.8, 4) is 0 Å². The highest BCUT2D eigenvalue weighted by Crippen LogP contribution is 2.18. The molecule has 0 saturated carbocycles. The number of nitrogens with zero attached hydrogens (tertiary/aromatic N) is 1. The summed E-state index contributed by atoms with van der Waals surface area (Å²) in [6.45, 7) is 7.48. The van der Waals surface area contributed by atoms with Crippen LogP contribution in [0.15, 0.2) is 55.5 Å². The Morgan fingerprint density at radius 2 is 2.13 bits per heavy atom. The summed E-state index contributed by atoms with van der Waals surface area (Å²) in [6, 6.07) is 7.52. The van der Waals surface area contributed by atoms with E-state index in [1.165, 1.54) is 7.11 Å². The fourth-order valence-electron chi connectivity index (χ4n) is 1.95. The Kier molecular flexibility index (Phi) is 8.24. The lowest BCUT2D eigenvalue weighted by Gasteiger charge is -2.06. The lowest BCUT2D eigenvalue weighted by Crippen LogP contribution is -2.04. The van der Waals surface area contributed by atoms with Gasteiger partial charge in [0.25, 0.3) is 0 Å². The first-order valence-corrected chi connectivity index (χ1v) is 7.44. The molecule has 0 atom stereocenters. The third-order valence-electron chi connectivity index (χ3n) is 2.96. The van der Waals surface area contributed by atoms with Crippen LogP contribution in [0.5, 0.6) is 0 Å². The summed E-state index contributed by atoms with van der Waals surface area (Å²) >= 11 is 0. The molecule has 0 amide bonds. The number of carbonyl (C=O) groups excluding carboxylic acids is 1. The van der Waals surface area contributed by atoms with Crippen molar-refractivity contribution in [2.45, 2.75) is 13.5 Å². The summed E-state index contributed by atoms with van der Waals surface area (Å²) in [7, 11) is 1.38. The van der Waals surface area contributed by atoms with E-state index in [-0.39, 0.29) is 5.97 Å². The Balaban J connectivity index is 0.000000816. The minimum Gasteiger partial charge on any atom is -0.499 e. The van der Waals surface area contributed by atoms with E-state index in [9.17, 15) is 4.79 Å². The number of allylic oxidation sites excluding steroid dienone is 2. The summed E-state index contributed by atoms with van der Waals surface area (Å²) < 4.78 is 12.1. The zero-order chi connectivity index (χ0) is 17.1. The molecule has 23 heavy (non-hydrogen) atoms. The molecular weight excluding hydrogens is 292 g/mol.